The van der Waals surface area contributed by atoms with Gasteiger partial charge in [0.05, 0.1) is 13.2 Å². The number of pyridine rings is 1. The van der Waals surface area contributed by atoms with Gasteiger partial charge in [-0.15, -0.1) is 22.0 Å². The van der Waals surface area contributed by atoms with Crippen LogP contribution in [0.15, 0.2) is 53.6 Å². The van der Waals surface area contributed by atoms with Gasteiger partial charge in [-0.25, -0.2) is 0 Å². The third kappa shape index (κ3) is 4.30. The Bertz CT molecular complexity index is 848. The highest BCUT2D eigenvalue weighted by atomic mass is 32.2. The maximum Gasteiger partial charge on any atom is 0.221 e. The van der Waals surface area contributed by atoms with Crippen LogP contribution in [-0.2, 0) is 4.79 Å². The normalized spacial score (nSPS) is 12.1. The van der Waals surface area contributed by atoms with E-state index in [-0.39, 0.29) is 11.9 Å². The van der Waals surface area contributed by atoms with Gasteiger partial charge in [0.1, 0.15) is 5.75 Å². The van der Waals surface area contributed by atoms with Gasteiger partial charge in [0.15, 0.2) is 11.5 Å². The van der Waals surface area contributed by atoms with E-state index in [9.17, 15) is 4.79 Å². The predicted molar refractivity (Wildman–Crippen MR) is 97.9 cm³/mol. The summed E-state index contributed by atoms with van der Waals surface area (Å²) in [5.74, 6) is 2.27. The van der Waals surface area contributed by atoms with Crippen molar-refractivity contribution in [2.45, 2.75) is 24.3 Å². The Kier molecular flexibility index (Phi) is 5.55. The number of hydrogen-bond donors (Lipinski definition) is 1. The van der Waals surface area contributed by atoms with Crippen LogP contribution in [0.25, 0.3) is 5.65 Å². The monoisotopic (exact) mass is 356 g/mol. The molecule has 3 rings (SSSR count). The second-order valence-electron chi connectivity index (χ2n) is 5.55. The number of ether oxygens (including phenoxy) is 1. The van der Waals surface area contributed by atoms with Gasteiger partial charge >= 0.3 is 0 Å². The molecule has 7 heteroatoms. The Morgan fingerprint density at radius 3 is 2.80 bits per heavy atom. The minimum atomic E-state index is -0.198. The molecule has 0 saturated heterocycles. The van der Waals surface area contributed by atoms with Gasteiger partial charge in [-0.05, 0) is 43.3 Å². The molecular weight excluding hydrogens is 336 g/mol. The number of aromatic nitrogens is 3. The van der Waals surface area contributed by atoms with Crippen LogP contribution in [0.3, 0.4) is 0 Å². The van der Waals surface area contributed by atoms with Crippen molar-refractivity contribution in [1.29, 1.82) is 0 Å². The number of benzene rings is 1. The van der Waals surface area contributed by atoms with Crippen LogP contribution < -0.4 is 10.1 Å². The molecule has 1 atom stereocenters. The number of hydrogen-bond acceptors (Lipinski definition) is 5. The van der Waals surface area contributed by atoms with E-state index in [1.54, 1.807) is 18.9 Å². The Labute approximate surface area is 150 Å². The maximum atomic E-state index is 12.2. The number of carbonyl (C=O) groups is 1. The first-order chi connectivity index (χ1) is 12.2. The molecule has 130 valence electrons. The summed E-state index contributed by atoms with van der Waals surface area (Å²) in [5.41, 5.74) is 0.772. The molecule has 0 radical (unpaired) electrons. The van der Waals surface area contributed by atoms with Crippen molar-refractivity contribution in [1.82, 2.24) is 19.9 Å². The number of carbonyl (C=O) groups excluding carboxylic acids is 1. The quantitative estimate of drug-likeness (QED) is 0.659. The van der Waals surface area contributed by atoms with Gasteiger partial charge in [0.2, 0.25) is 5.91 Å². The standard InChI is InChI=1S/C18H20N4O2S/c1-13(18-21-20-16-5-3-4-11-22(16)18)19-17(23)10-12-25-15-8-6-14(24-2)7-9-15/h3-9,11,13H,10,12H2,1-2H3,(H,19,23). The highest BCUT2D eigenvalue weighted by molar-refractivity contribution is 7.99. The maximum absolute atomic E-state index is 12.2. The lowest BCUT2D eigenvalue weighted by atomic mass is 10.3. The van der Waals surface area contributed by atoms with E-state index in [0.717, 1.165) is 22.1 Å². The van der Waals surface area contributed by atoms with Crippen LogP contribution in [-0.4, -0.2) is 33.4 Å². The zero-order valence-electron chi connectivity index (χ0n) is 14.2. The average molecular weight is 356 g/mol. The Morgan fingerprint density at radius 1 is 1.24 bits per heavy atom. The molecule has 0 fully saturated rings. The van der Waals surface area contributed by atoms with Crippen LogP contribution >= 0.6 is 11.8 Å². The molecule has 0 aliphatic heterocycles. The molecule has 6 nitrogen and oxygen atoms in total. The van der Waals surface area contributed by atoms with Gasteiger partial charge in [-0.1, -0.05) is 6.07 Å². The molecule has 0 spiro atoms. The molecule has 0 bridgehead atoms. The molecule has 1 N–H and O–H groups in total. The Morgan fingerprint density at radius 2 is 2.04 bits per heavy atom. The molecule has 0 saturated carbocycles. The fourth-order valence-corrected chi connectivity index (χ4v) is 3.32. The van der Waals surface area contributed by atoms with Gasteiger partial charge in [-0.3, -0.25) is 9.20 Å². The highest BCUT2D eigenvalue weighted by Gasteiger charge is 2.15. The summed E-state index contributed by atoms with van der Waals surface area (Å²) < 4.78 is 7.02. The molecule has 1 amide bonds. The molecule has 1 aromatic carbocycles. The molecule has 2 aromatic heterocycles. The number of fused-ring (bicyclic) bond motifs is 1. The van der Waals surface area contributed by atoms with Crippen molar-refractivity contribution in [3.05, 3.63) is 54.5 Å². The zero-order chi connectivity index (χ0) is 17.6. The minimum Gasteiger partial charge on any atom is -0.497 e. The van der Waals surface area contributed by atoms with Crippen molar-refractivity contribution >= 4 is 23.3 Å². The van der Waals surface area contributed by atoms with E-state index in [0.29, 0.717) is 12.2 Å². The smallest absolute Gasteiger partial charge is 0.221 e. The molecule has 2 heterocycles. The Balaban J connectivity index is 1.50. The lowest BCUT2D eigenvalue weighted by Crippen LogP contribution is -2.28. The summed E-state index contributed by atoms with van der Waals surface area (Å²) in [6.07, 6.45) is 2.34. The molecule has 3 aromatic rings. The second-order valence-corrected chi connectivity index (χ2v) is 6.72. The molecule has 0 aliphatic carbocycles. The minimum absolute atomic E-state index is 0.00110. The zero-order valence-corrected chi connectivity index (χ0v) is 15.0. The van der Waals surface area contributed by atoms with E-state index in [2.05, 4.69) is 15.5 Å². The van der Waals surface area contributed by atoms with Gasteiger partial charge in [0, 0.05) is 23.3 Å². The second kappa shape index (κ2) is 8.02. The number of rotatable bonds is 7. The summed E-state index contributed by atoms with van der Waals surface area (Å²) in [6.45, 7) is 1.91. The third-order valence-corrected chi connectivity index (χ3v) is 4.78. The third-order valence-electron chi connectivity index (χ3n) is 3.76. The predicted octanol–water partition coefficient (Wildman–Crippen LogP) is 3.10. The van der Waals surface area contributed by atoms with E-state index in [4.69, 9.17) is 4.74 Å². The van der Waals surface area contributed by atoms with E-state index >= 15 is 0 Å². The van der Waals surface area contributed by atoms with E-state index < -0.39 is 0 Å². The SMILES string of the molecule is COc1ccc(SCCC(=O)NC(C)c2nnc3ccccn23)cc1. The molecule has 25 heavy (non-hydrogen) atoms. The summed E-state index contributed by atoms with van der Waals surface area (Å²) in [7, 11) is 1.65. The van der Waals surface area contributed by atoms with Crippen molar-refractivity contribution in [3.8, 4) is 5.75 Å². The summed E-state index contributed by atoms with van der Waals surface area (Å²) in [5, 5.41) is 11.3. The first kappa shape index (κ1) is 17.3. The van der Waals surface area contributed by atoms with Gasteiger partial charge in [-0.2, -0.15) is 0 Å². The van der Waals surface area contributed by atoms with Crippen molar-refractivity contribution < 1.29 is 9.53 Å². The molecule has 1 unspecified atom stereocenters. The number of nitrogens with one attached hydrogen (secondary N) is 1. The van der Waals surface area contributed by atoms with Crippen LogP contribution in [0.5, 0.6) is 5.75 Å². The summed E-state index contributed by atoms with van der Waals surface area (Å²) in [6, 6.07) is 13.3. The Hall–Kier alpha value is -2.54. The fourth-order valence-electron chi connectivity index (χ4n) is 2.47. The number of thioether (sulfide) groups is 1. The highest BCUT2D eigenvalue weighted by Crippen LogP contribution is 2.22. The van der Waals surface area contributed by atoms with Gasteiger partial charge < -0.3 is 10.1 Å². The first-order valence-corrected chi connectivity index (χ1v) is 9.02. The first-order valence-electron chi connectivity index (χ1n) is 8.03. The van der Waals surface area contributed by atoms with Crippen molar-refractivity contribution in [3.63, 3.8) is 0 Å². The van der Waals surface area contributed by atoms with Crippen LogP contribution in [0.2, 0.25) is 0 Å². The van der Waals surface area contributed by atoms with Crippen molar-refractivity contribution in [2.24, 2.45) is 0 Å². The largest absolute Gasteiger partial charge is 0.497 e. The lowest BCUT2D eigenvalue weighted by Gasteiger charge is -2.12. The number of amides is 1. The van der Waals surface area contributed by atoms with Crippen LogP contribution in [0, 0.1) is 0 Å². The topological polar surface area (TPSA) is 68.5 Å². The average Bonchev–Trinajstić information content (AvgIpc) is 3.06. The van der Waals surface area contributed by atoms with Crippen LogP contribution in [0.1, 0.15) is 25.2 Å². The van der Waals surface area contributed by atoms with E-state index in [1.807, 2.05) is 60.0 Å². The lowest BCUT2D eigenvalue weighted by molar-refractivity contribution is -0.121. The van der Waals surface area contributed by atoms with Gasteiger partial charge in [0.25, 0.3) is 0 Å². The summed E-state index contributed by atoms with van der Waals surface area (Å²) in [4.78, 5) is 13.3. The summed E-state index contributed by atoms with van der Waals surface area (Å²) >= 11 is 1.65. The van der Waals surface area contributed by atoms with Crippen LogP contribution in [0.4, 0.5) is 0 Å². The van der Waals surface area contributed by atoms with E-state index in [1.165, 1.54) is 0 Å². The number of nitrogens with zero attached hydrogens (tertiary/aromatic N) is 3. The fraction of sp³-hybridized carbons (Fsp3) is 0.278. The van der Waals surface area contributed by atoms with Crippen molar-refractivity contribution in [2.75, 3.05) is 12.9 Å². The molecular formula is C18H20N4O2S. The molecule has 0 aliphatic rings. The number of methoxy groups -OCH3 is 1.